The number of nitrogens with zero attached hydrogens (tertiary/aromatic N) is 2. The van der Waals surface area contributed by atoms with Crippen LogP contribution >= 0.6 is 46.4 Å². The van der Waals surface area contributed by atoms with E-state index in [0.717, 1.165) is 56.0 Å². The molecule has 2 aromatic rings. The molecule has 0 spiro atoms. The summed E-state index contributed by atoms with van der Waals surface area (Å²) in [5.74, 6) is 0.619. The molecule has 0 radical (unpaired) electrons. The number of pyridine rings is 2. The molecule has 0 bridgehead atoms. The van der Waals surface area contributed by atoms with Gasteiger partial charge in [-0.1, -0.05) is 52.5 Å². The molecule has 194 valence electrons. The Kier molecular flexibility index (Phi) is 12.2. The first-order valence-corrected chi connectivity index (χ1v) is 15.2. The van der Waals surface area contributed by atoms with Crippen LogP contribution in [0.25, 0.3) is 5.57 Å². The Morgan fingerprint density at radius 2 is 1.57 bits per heavy atom. The molecule has 2 aromatic heterocycles. The highest BCUT2D eigenvalue weighted by Gasteiger charge is 2.57. The average molecular weight is 694 g/mol. The number of halogens is 5. The van der Waals surface area contributed by atoms with Crippen LogP contribution in [0.3, 0.4) is 0 Å². The van der Waals surface area contributed by atoms with Gasteiger partial charge in [0.15, 0.2) is 0 Å². The van der Waals surface area contributed by atoms with Gasteiger partial charge in [0.1, 0.15) is 29.1 Å². The standard InChI is InChI=1S/C11H11Cl2NO.C10H9Cl2NO.C3H9OS.HI/c12-8-3-9(14-10(13)4-8)11-1-2-15-6-7(11)5-11;11-8-5-9(13-10(12)6-8)7-1-3-14-4-2-7;1-5(2,3)4;/h3-4,7H,1-2,5-6H2;1,5-6H,2-4H2;1-3H3;1H/q;;+1;/p-1. The third kappa shape index (κ3) is 10.0. The number of fused-ring (bicyclic) bond motifs is 1. The predicted octanol–water partition coefficient (Wildman–Crippen LogP) is 3.64. The molecule has 0 N–H and O–H groups in total. The van der Waals surface area contributed by atoms with Gasteiger partial charge in [0.2, 0.25) is 0 Å². The Morgan fingerprint density at radius 1 is 0.943 bits per heavy atom. The zero-order chi connectivity index (χ0) is 24.9. The third-order valence-corrected chi connectivity index (χ3v) is 6.39. The molecule has 2 aliphatic heterocycles. The summed E-state index contributed by atoms with van der Waals surface area (Å²) in [4.78, 5) is 8.61. The SMILES string of the molecule is C[S+](C)(C)=O.Clc1cc(Cl)nc(C23CCOCC2C3)c1.Clc1cc(Cl)nc(C2=CCOCC2)c1.[I-]. The maximum Gasteiger partial charge on any atom is 0.131 e. The van der Waals surface area contributed by atoms with Gasteiger partial charge in [0.25, 0.3) is 0 Å². The van der Waals surface area contributed by atoms with Crippen LogP contribution in [0.4, 0.5) is 0 Å². The van der Waals surface area contributed by atoms with Crippen molar-refractivity contribution in [3.8, 4) is 0 Å². The van der Waals surface area contributed by atoms with Crippen molar-refractivity contribution < 1.29 is 37.7 Å². The second-order valence-electron chi connectivity index (χ2n) is 9.15. The molecule has 0 amide bonds. The summed E-state index contributed by atoms with van der Waals surface area (Å²) in [7, 11) is -1.42. The topological polar surface area (TPSA) is 61.3 Å². The van der Waals surface area contributed by atoms with Crippen LogP contribution in [0.5, 0.6) is 0 Å². The normalized spacial score (nSPS) is 22.7. The fraction of sp³-hybridized carbons (Fsp3) is 0.500. The monoisotopic (exact) mass is 692 g/mol. The minimum Gasteiger partial charge on any atom is -1.00 e. The summed E-state index contributed by atoms with van der Waals surface area (Å²) in [5, 5.41) is 2.22. The zero-order valence-electron chi connectivity index (χ0n) is 19.8. The van der Waals surface area contributed by atoms with Crippen LogP contribution in [0, 0.1) is 5.92 Å². The number of hydrogen-bond acceptors (Lipinski definition) is 5. The predicted molar refractivity (Wildman–Crippen MR) is 143 cm³/mol. The summed E-state index contributed by atoms with van der Waals surface area (Å²) < 4.78 is 20.8. The van der Waals surface area contributed by atoms with Crippen LogP contribution in [-0.4, -0.2) is 55.2 Å². The van der Waals surface area contributed by atoms with E-state index >= 15 is 0 Å². The van der Waals surface area contributed by atoms with Crippen LogP contribution in [-0.2, 0) is 29.0 Å². The molecule has 1 saturated carbocycles. The lowest BCUT2D eigenvalue weighted by Gasteiger charge is -2.22. The Morgan fingerprint density at radius 3 is 2.11 bits per heavy atom. The first-order chi connectivity index (χ1) is 16.0. The molecule has 1 aliphatic carbocycles. The van der Waals surface area contributed by atoms with E-state index in [1.807, 2.05) is 18.2 Å². The molecule has 0 aromatic carbocycles. The molecular formula is C24H29Cl4IN2O3S. The largest absolute Gasteiger partial charge is 1.00 e. The lowest BCUT2D eigenvalue weighted by molar-refractivity contribution is -0.0000101. The third-order valence-electron chi connectivity index (χ3n) is 5.56. The van der Waals surface area contributed by atoms with E-state index in [2.05, 4.69) is 9.97 Å². The first kappa shape index (κ1) is 31.2. The fourth-order valence-corrected chi connectivity index (χ4v) is 4.88. The van der Waals surface area contributed by atoms with Crippen molar-refractivity contribution in [1.82, 2.24) is 9.97 Å². The van der Waals surface area contributed by atoms with Crippen molar-refractivity contribution in [2.75, 3.05) is 45.2 Å². The van der Waals surface area contributed by atoms with Gasteiger partial charge in [0, 0.05) is 22.1 Å². The molecule has 2 unspecified atom stereocenters. The van der Waals surface area contributed by atoms with E-state index in [9.17, 15) is 4.21 Å². The maximum atomic E-state index is 10.2. The van der Waals surface area contributed by atoms with Gasteiger partial charge in [-0.2, -0.15) is 0 Å². The number of aromatic nitrogens is 2. The first-order valence-electron chi connectivity index (χ1n) is 10.9. The lowest BCUT2D eigenvalue weighted by Crippen LogP contribution is -3.00. The minimum atomic E-state index is -1.42. The summed E-state index contributed by atoms with van der Waals surface area (Å²) in [6, 6.07) is 7.08. The maximum absolute atomic E-state index is 10.2. The van der Waals surface area contributed by atoms with Crippen molar-refractivity contribution in [2.24, 2.45) is 5.92 Å². The van der Waals surface area contributed by atoms with Crippen molar-refractivity contribution in [1.29, 1.82) is 0 Å². The van der Waals surface area contributed by atoms with Gasteiger partial charge in [-0.3, -0.25) is 0 Å². The highest BCUT2D eigenvalue weighted by atomic mass is 127. The van der Waals surface area contributed by atoms with Gasteiger partial charge in [0.05, 0.1) is 41.1 Å². The van der Waals surface area contributed by atoms with Gasteiger partial charge in [-0.05, 0) is 55.0 Å². The fourth-order valence-electron chi connectivity index (χ4n) is 3.94. The second kappa shape index (κ2) is 13.7. The van der Waals surface area contributed by atoms with Gasteiger partial charge < -0.3 is 33.5 Å². The van der Waals surface area contributed by atoms with Crippen LogP contribution in [0.2, 0.25) is 20.4 Å². The van der Waals surface area contributed by atoms with E-state index in [0.29, 0.717) is 32.9 Å². The molecular weight excluding hydrogens is 665 g/mol. The summed E-state index contributed by atoms with van der Waals surface area (Å²) in [6.07, 6.45) is 10.2. The van der Waals surface area contributed by atoms with Gasteiger partial charge in [-0.25, -0.2) is 9.97 Å². The number of rotatable bonds is 2. The van der Waals surface area contributed by atoms with Crippen molar-refractivity contribution >= 4 is 61.9 Å². The minimum absolute atomic E-state index is 0. The van der Waals surface area contributed by atoms with E-state index < -0.39 is 9.93 Å². The zero-order valence-corrected chi connectivity index (χ0v) is 25.8. The quantitative estimate of drug-likeness (QED) is 0.273. The van der Waals surface area contributed by atoms with E-state index in [-0.39, 0.29) is 29.4 Å². The Hall–Kier alpha value is -0.000000000000000222. The summed E-state index contributed by atoms with van der Waals surface area (Å²) in [6.45, 7) is 3.05. The smallest absolute Gasteiger partial charge is 0.131 e. The highest BCUT2D eigenvalue weighted by Crippen LogP contribution is 2.58. The van der Waals surface area contributed by atoms with E-state index in [1.54, 1.807) is 30.9 Å². The molecule has 5 nitrogen and oxygen atoms in total. The molecule has 5 rings (SSSR count). The molecule has 1 saturated heterocycles. The van der Waals surface area contributed by atoms with Crippen molar-refractivity contribution in [3.05, 3.63) is 62.1 Å². The number of ether oxygens (including phenoxy) is 2. The molecule has 11 heteroatoms. The van der Waals surface area contributed by atoms with E-state index in [4.69, 9.17) is 55.9 Å². The lowest BCUT2D eigenvalue weighted by atomic mass is 9.93. The van der Waals surface area contributed by atoms with Crippen LogP contribution < -0.4 is 24.0 Å². The molecule has 35 heavy (non-hydrogen) atoms. The number of hydrogen-bond donors (Lipinski definition) is 0. The molecule has 2 fully saturated rings. The van der Waals surface area contributed by atoms with E-state index in [1.165, 1.54) is 0 Å². The van der Waals surface area contributed by atoms with Gasteiger partial charge >= 0.3 is 0 Å². The molecule has 2 atom stereocenters. The Balaban J connectivity index is 0.000000204. The Labute approximate surface area is 245 Å². The highest BCUT2D eigenvalue weighted by molar-refractivity contribution is 8.00. The van der Waals surface area contributed by atoms with Gasteiger partial charge in [-0.15, -0.1) is 4.21 Å². The van der Waals surface area contributed by atoms with Crippen molar-refractivity contribution in [3.63, 3.8) is 0 Å². The average Bonchev–Trinajstić information content (AvgIpc) is 3.49. The summed E-state index contributed by atoms with van der Waals surface area (Å²) >= 11 is 23.6. The molecule has 4 heterocycles. The second-order valence-corrected chi connectivity index (χ2v) is 14.2. The Bertz CT molecular complexity index is 1050. The van der Waals surface area contributed by atoms with Crippen LogP contribution in [0.1, 0.15) is 30.7 Å². The summed E-state index contributed by atoms with van der Waals surface area (Å²) in [5.41, 5.74) is 3.27. The van der Waals surface area contributed by atoms with Crippen LogP contribution in [0.15, 0.2) is 30.3 Å². The molecule has 3 aliphatic rings. The van der Waals surface area contributed by atoms with Crippen molar-refractivity contribution in [2.45, 2.75) is 24.7 Å².